The molecule has 3 heteroatoms. The highest BCUT2D eigenvalue weighted by molar-refractivity contribution is 5.70. The summed E-state index contributed by atoms with van der Waals surface area (Å²) < 4.78 is 11.7. The van der Waals surface area contributed by atoms with Crippen LogP contribution < -0.4 is 0 Å². The summed E-state index contributed by atoms with van der Waals surface area (Å²) >= 11 is 0. The molecule has 3 nitrogen and oxygen atoms in total. The molecule has 2 aromatic rings. The van der Waals surface area contributed by atoms with Gasteiger partial charge in [-0.05, 0) is 5.56 Å². The van der Waals surface area contributed by atoms with Gasteiger partial charge in [0.2, 0.25) is 5.79 Å². The average molecular weight is 305 g/mol. The van der Waals surface area contributed by atoms with Crippen molar-refractivity contribution in [3.8, 4) is 6.07 Å². The monoisotopic (exact) mass is 305 g/mol. The Hall–Kier alpha value is -2.57. The molecule has 1 aliphatic heterocycles. The molecule has 2 aromatic carbocycles. The molecule has 0 spiro atoms. The topological polar surface area (TPSA) is 42.2 Å². The fourth-order valence-electron chi connectivity index (χ4n) is 2.97. The van der Waals surface area contributed by atoms with E-state index in [9.17, 15) is 5.26 Å². The lowest BCUT2D eigenvalue weighted by Crippen LogP contribution is -2.37. The van der Waals surface area contributed by atoms with E-state index in [1.807, 2.05) is 67.6 Å². The number of nitriles is 1. The highest BCUT2D eigenvalue weighted by Gasteiger charge is 2.40. The maximum absolute atomic E-state index is 9.77. The van der Waals surface area contributed by atoms with Gasteiger partial charge in [0.25, 0.3) is 0 Å². The van der Waals surface area contributed by atoms with Crippen molar-refractivity contribution in [2.75, 3.05) is 7.11 Å². The molecule has 23 heavy (non-hydrogen) atoms. The smallest absolute Gasteiger partial charge is 0.208 e. The Balaban J connectivity index is 2.16. The maximum atomic E-state index is 9.77. The van der Waals surface area contributed by atoms with Crippen molar-refractivity contribution in [1.82, 2.24) is 0 Å². The molecule has 0 aromatic heterocycles. The van der Waals surface area contributed by atoms with E-state index in [1.165, 1.54) is 0 Å². The van der Waals surface area contributed by atoms with Crippen LogP contribution in [0.25, 0.3) is 5.76 Å². The van der Waals surface area contributed by atoms with Gasteiger partial charge in [0.05, 0.1) is 11.6 Å². The van der Waals surface area contributed by atoms with Gasteiger partial charge in [0.1, 0.15) is 5.76 Å². The van der Waals surface area contributed by atoms with Crippen molar-refractivity contribution >= 4 is 5.76 Å². The molecule has 0 saturated heterocycles. The molecule has 0 saturated carbocycles. The molecule has 3 rings (SSSR count). The molecular weight excluding hydrogens is 286 g/mol. The van der Waals surface area contributed by atoms with Crippen molar-refractivity contribution in [3.63, 3.8) is 0 Å². The first kappa shape index (κ1) is 15.3. The first-order valence-corrected chi connectivity index (χ1v) is 7.65. The summed E-state index contributed by atoms with van der Waals surface area (Å²) in [5.74, 6) is -0.195. The van der Waals surface area contributed by atoms with Crippen LogP contribution in [0.3, 0.4) is 0 Å². The van der Waals surface area contributed by atoms with E-state index < -0.39 is 5.79 Å². The van der Waals surface area contributed by atoms with E-state index in [4.69, 9.17) is 9.47 Å². The number of nitrogens with zero attached hydrogens (tertiary/aromatic N) is 1. The van der Waals surface area contributed by atoms with Crippen LogP contribution in [0.1, 0.15) is 30.4 Å². The second-order valence-corrected chi connectivity index (χ2v) is 5.83. The summed E-state index contributed by atoms with van der Waals surface area (Å²) in [6, 6.07) is 22.2. The Kier molecular flexibility index (Phi) is 4.18. The summed E-state index contributed by atoms with van der Waals surface area (Å²) in [6.45, 7) is 1.92. The molecule has 1 aliphatic rings. The van der Waals surface area contributed by atoms with Crippen molar-refractivity contribution in [1.29, 1.82) is 5.26 Å². The summed E-state index contributed by atoms with van der Waals surface area (Å²) in [5, 5.41) is 9.77. The Morgan fingerprint density at radius 2 is 1.70 bits per heavy atom. The van der Waals surface area contributed by atoms with E-state index in [0.29, 0.717) is 17.8 Å². The molecule has 0 bridgehead atoms. The van der Waals surface area contributed by atoms with E-state index in [2.05, 4.69) is 6.07 Å². The minimum atomic E-state index is -0.758. The van der Waals surface area contributed by atoms with Crippen molar-refractivity contribution < 1.29 is 9.47 Å². The average Bonchev–Trinajstić information content (AvgIpc) is 2.62. The Bertz CT molecular complexity index is 746. The first-order chi connectivity index (χ1) is 11.2. The number of methoxy groups -OCH3 is 1. The van der Waals surface area contributed by atoms with Gasteiger partial charge < -0.3 is 9.47 Å². The zero-order valence-corrected chi connectivity index (χ0v) is 13.3. The molecule has 2 atom stereocenters. The first-order valence-electron chi connectivity index (χ1n) is 7.65. The van der Waals surface area contributed by atoms with Gasteiger partial charge in [0.15, 0.2) is 0 Å². The van der Waals surface area contributed by atoms with Gasteiger partial charge in [-0.15, -0.1) is 0 Å². The SMILES string of the molecule is CO[C@@]1(C)C[C@H](c2ccccc2)C(C#N)=C(c2ccccc2)O1. The standard InChI is InChI=1S/C20H19NO2/c1-20(22-2)13-17(15-9-5-3-6-10-15)18(14-21)19(23-20)16-11-7-4-8-12-16/h3-12,17H,13H2,1-2H3/t17-,20-/m1/s1. The highest BCUT2D eigenvalue weighted by Crippen LogP contribution is 2.44. The van der Waals surface area contributed by atoms with E-state index >= 15 is 0 Å². The lowest BCUT2D eigenvalue weighted by atomic mass is 9.82. The van der Waals surface area contributed by atoms with Gasteiger partial charge in [-0.25, -0.2) is 0 Å². The number of ether oxygens (including phenoxy) is 2. The van der Waals surface area contributed by atoms with Gasteiger partial charge in [-0.1, -0.05) is 60.7 Å². The third kappa shape index (κ3) is 2.99. The highest BCUT2D eigenvalue weighted by atomic mass is 16.7. The minimum Gasteiger partial charge on any atom is -0.461 e. The summed E-state index contributed by atoms with van der Waals surface area (Å²) in [5.41, 5.74) is 2.65. The number of benzene rings is 2. The quantitative estimate of drug-likeness (QED) is 0.839. The van der Waals surface area contributed by atoms with Gasteiger partial charge in [-0.2, -0.15) is 5.26 Å². The molecule has 0 aliphatic carbocycles. The zero-order chi connectivity index (χ0) is 16.3. The van der Waals surface area contributed by atoms with E-state index in [-0.39, 0.29) is 5.92 Å². The zero-order valence-electron chi connectivity index (χ0n) is 13.3. The van der Waals surface area contributed by atoms with Crippen LogP contribution in [0.15, 0.2) is 66.2 Å². The van der Waals surface area contributed by atoms with Crippen LogP contribution in [-0.4, -0.2) is 12.9 Å². The van der Waals surface area contributed by atoms with Crippen LogP contribution in [0, 0.1) is 11.3 Å². The Morgan fingerprint density at radius 3 is 2.26 bits per heavy atom. The molecule has 0 amide bonds. The fourth-order valence-corrected chi connectivity index (χ4v) is 2.97. The minimum absolute atomic E-state index is 0.0462. The van der Waals surface area contributed by atoms with E-state index in [1.54, 1.807) is 7.11 Å². The van der Waals surface area contributed by atoms with Crippen molar-refractivity contribution in [2.24, 2.45) is 0 Å². The number of hydrogen-bond acceptors (Lipinski definition) is 3. The largest absolute Gasteiger partial charge is 0.461 e. The summed E-state index contributed by atoms with van der Waals surface area (Å²) in [4.78, 5) is 0. The maximum Gasteiger partial charge on any atom is 0.208 e. The Morgan fingerprint density at radius 1 is 1.09 bits per heavy atom. The third-order valence-electron chi connectivity index (χ3n) is 4.28. The summed E-state index contributed by atoms with van der Waals surface area (Å²) in [6.07, 6.45) is 0.604. The number of hydrogen-bond donors (Lipinski definition) is 0. The molecular formula is C20H19NO2. The molecule has 116 valence electrons. The van der Waals surface area contributed by atoms with E-state index in [0.717, 1.165) is 11.1 Å². The normalized spacial score (nSPS) is 24.0. The fraction of sp³-hybridized carbons (Fsp3) is 0.250. The van der Waals surface area contributed by atoms with Crippen LogP contribution in [0.4, 0.5) is 0 Å². The van der Waals surface area contributed by atoms with Crippen LogP contribution >= 0.6 is 0 Å². The Labute approximate surface area is 136 Å². The van der Waals surface area contributed by atoms with Crippen LogP contribution in [-0.2, 0) is 9.47 Å². The molecule has 0 fully saturated rings. The predicted molar refractivity (Wildman–Crippen MR) is 89.3 cm³/mol. The molecule has 0 N–H and O–H groups in total. The lowest BCUT2D eigenvalue weighted by molar-refractivity contribution is -0.179. The summed E-state index contributed by atoms with van der Waals surface area (Å²) in [7, 11) is 1.64. The van der Waals surface area contributed by atoms with Gasteiger partial charge >= 0.3 is 0 Å². The molecule has 1 heterocycles. The predicted octanol–water partition coefficient (Wildman–Crippen LogP) is 4.49. The third-order valence-corrected chi connectivity index (χ3v) is 4.28. The molecule has 0 unspecified atom stereocenters. The van der Waals surface area contributed by atoms with Crippen molar-refractivity contribution in [2.45, 2.75) is 25.0 Å². The number of rotatable bonds is 3. The number of allylic oxidation sites excluding steroid dienone is 1. The van der Waals surface area contributed by atoms with Gasteiger partial charge in [0, 0.05) is 31.9 Å². The van der Waals surface area contributed by atoms with Crippen molar-refractivity contribution in [3.05, 3.63) is 77.4 Å². The van der Waals surface area contributed by atoms with Gasteiger partial charge in [-0.3, -0.25) is 0 Å². The molecule has 0 radical (unpaired) electrons. The lowest BCUT2D eigenvalue weighted by Gasteiger charge is -2.38. The second-order valence-electron chi connectivity index (χ2n) is 5.83. The van der Waals surface area contributed by atoms with Crippen LogP contribution in [0.2, 0.25) is 0 Å². The van der Waals surface area contributed by atoms with Crippen LogP contribution in [0.5, 0.6) is 0 Å². The second kappa shape index (κ2) is 6.28.